The monoisotopic (exact) mass is 311 g/mol. The lowest BCUT2D eigenvalue weighted by Crippen LogP contribution is -2.09. The number of rotatable bonds is 4. The standard InChI is InChI=1S/C15H12ClF2NO2/c1-21-15(20)13-7-11(17)2-3-14(13)19-8-9-4-10(16)6-12(18)5-9/h2-7,19H,8H2,1H3. The molecule has 0 bridgehead atoms. The maximum Gasteiger partial charge on any atom is 0.340 e. The van der Waals surface area contributed by atoms with Gasteiger partial charge in [-0.25, -0.2) is 13.6 Å². The van der Waals surface area contributed by atoms with Crippen LogP contribution in [0.15, 0.2) is 36.4 Å². The van der Waals surface area contributed by atoms with Crippen LogP contribution in [0.2, 0.25) is 5.02 Å². The summed E-state index contributed by atoms with van der Waals surface area (Å²) < 4.78 is 31.0. The summed E-state index contributed by atoms with van der Waals surface area (Å²) in [6, 6.07) is 7.82. The fourth-order valence-corrected chi connectivity index (χ4v) is 2.10. The van der Waals surface area contributed by atoms with E-state index in [4.69, 9.17) is 11.6 Å². The maximum atomic E-state index is 13.2. The molecule has 3 nitrogen and oxygen atoms in total. The van der Waals surface area contributed by atoms with Crippen LogP contribution in [-0.2, 0) is 11.3 Å². The van der Waals surface area contributed by atoms with Crippen molar-refractivity contribution in [3.8, 4) is 0 Å². The molecule has 6 heteroatoms. The molecule has 21 heavy (non-hydrogen) atoms. The fourth-order valence-electron chi connectivity index (χ4n) is 1.86. The number of hydrogen-bond acceptors (Lipinski definition) is 3. The van der Waals surface area contributed by atoms with Crippen molar-refractivity contribution >= 4 is 23.3 Å². The Morgan fingerprint density at radius 3 is 2.62 bits per heavy atom. The van der Waals surface area contributed by atoms with Crippen LogP contribution in [0.25, 0.3) is 0 Å². The number of ether oxygens (including phenoxy) is 1. The number of carbonyl (C=O) groups is 1. The van der Waals surface area contributed by atoms with E-state index in [0.29, 0.717) is 11.3 Å². The second kappa shape index (κ2) is 6.54. The molecule has 0 spiro atoms. The lowest BCUT2D eigenvalue weighted by molar-refractivity contribution is 0.0601. The molecule has 0 amide bonds. The van der Waals surface area contributed by atoms with Crippen LogP contribution in [-0.4, -0.2) is 13.1 Å². The van der Waals surface area contributed by atoms with Crippen LogP contribution in [0.4, 0.5) is 14.5 Å². The minimum Gasteiger partial charge on any atom is -0.465 e. The summed E-state index contributed by atoms with van der Waals surface area (Å²) in [6.07, 6.45) is 0. The first kappa shape index (κ1) is 15.3. The molecular weight excluding hydrogens is 300 g/mol. The first-order valence-electron chi connectivity index (χ1n) is 6.06. The number of halogens is 3. The molecule has 0 radical (unpaired) electrons. The van der Waals surface area contributed by atoms with Gasteiger partial charge in [0.1, 0.15) is 11.6 Å². The summed E-state index contributed by atoms with van der Waals surface area (Å²) in [5.74, 6) is -1.66. The predicted octanol–water partition coefficient (Wildman–Crippen LogP) is 4.02. The van der Waals surface area contributed by atoms with Crippen molar-refractivity contribution in [2.75, 3.05) is 12.4 Å². The van der Waals surface area contributed by atoms with Crippen molar-refractivity contribution in [2.45, 2.75) is 6.54 Å². The number of anilines is 1. The van der Waals surface area contributed by atoms with E-state index in [-0.39, 0.29) is 17.1 Å². The van der Waals surface area contributed by atoms with E-state index in [9.17, 15) is 13.6 Å². The Kier molecular flexibility index (Phi) is 4.75. The highest BCUT2D eigenvalue weighted by Gasteiger charge is 2.13. The number of carbonyl (C=O) groups excluding carboxylic acids is 1. The Morgan fingerprint density at radius 1 is 1.19 bits per heavy atom. The van der Waals surface area contributed by atoms with E-state index in [1.807, 2.05) is 0 Å². The molecule has 0 unspecified atom stereocenters. The largest absolute Gasteiger partial charge is 0.465 e. The normalized spacial score (nSPS) is 10.3. The average molecular weight is 312 g/mol. The zero-order chi connectivity index (χ0) is 15.4. The van der Waals surface area contributed by atoms with Gasteiger partial charge in [0, 0.05) is 17.3 Å². The summed E-state index contributed by atoms with van der Waals surface area (Å²) in [7, 11) is 1.21. The molecule has 0 fully saturated rings. The third-order valence-electron chi connectivity index (χ3n) is 2.79. The number of nitrogens with one attached hydrogen (secondary N) is 1. The van der Waals surface area contributed by atoms with Crippen molar-refractivity contribution in [3.05, 3.63) is 64.2 Å². The van der Waals surface area contributed by atoms with Crippen molar-refractivity contribution in [3.63, 3.8) is 0 Å². The molecule has 110 valence electrons. The molecule has 0 saturated carbocycles. The number of esters is 1. The Balaban J connectivity index is 2.21. The van der Waals surface area contributed by atoms with Gasteiger partial charge in [-0.15, -0.1) is 0 Å². The van der Waals surface area contributed by atoms with Gasteiger partial charge in [-0.05, 0) is 42.0 Å². The van der Waals surface area contributed by atoms with Gasteiger partial charge in [0.15, 0.2) is 0 Å². The molecule has 0 aliphatic rings. The molecule has 2 rings (SSSR count). The molecule has 0 aromatic heterocycles. The van der Waals surface area contributed by atoms with Crippen LogP contribution in [0.3, 0.4) is 0 Å². The fraction of sp³-hybridized carbons (Fsp3) is 0.133. The topological polar surface area (TPSA) is 38.3 Å². The summed E-state index contributed by atoms with van der Waals surface area (Å²) in [5.41, 5.74) is 1.06. The van der Waals surface area contributed by atoms with Gasteiger partial charge < -0.3 is 10.1 Å². The van der Waals surface area contributed by atoms with Crippen molar-refractivity contribution in [2.24, 2.45) is 0 Å². The highest BCUT2D eigenvalue weighted by molar-refractivity contribution is 6.30. The van der Waals surface area contributed by atoms with Crippen LogP contribution in [0.5, 0.6) is 0 Å². The Morgan fingerprint density at radius 2 is 1.95 bits per heavy atom. The van der Waals surface area contributed by atoms with Crippen molar-refractivity contribution < 1.29 is 18.3 Å². The molecule has 0 aliphatic carbocycles. The first-order chi connectivity index (χ1) is 9.99. The lowest BCUT2D eigenvalue weighted by atomic mass is 10.1. The number of benzene rings is 2. The van der Waals surface area contributed by atoms with E-state index in [0.717, 1.165) is 6.07 Å². The third kappa shape index (κ3) is 3.92. The molecule has 1 N–H and O–H groups in total. The third-order valence-corrected chi connectivity index (χ3v) is 3.01. The molecule has 0 saturated heterocycles. The van der Waals surface area contributed by atoms with Gasteiger partial charge in [-0.3, -0.25) is 0 Å². The van der Waals surface area contributed by atoms with Crippen molar-refractivity contribution in [1.82, 2.24) is 0 Å². The van der Waals surface area contributed by atoms with Gasteiger partial charge in [0.05, 0.1) is 12.7 Å². The summed E-state index contributed by atoms with van der Waals surface area (Å²) in [5, 5.41) is 3.21. The summed E-state index contributed by atoms with van der Waals surface area (Å²) in [4.78, 5) is 11.6. The van der Waals surface area contributed by atoms with E-state index >= 15 is 0 Å². The first-order valence-corrected chi connectivity index (χ1v) is 6.44. The summed E-state index contributed by atoms with van der Waals surface area (Å²) >= 11 is 5.77. The zero-order valence-corrected chi connectivity index (χ0v) is 11.9. The second-order valence-electron chi connectivity index (χ2n) is 4.31. The Bertz CT molecular complexity index is 656. The quantitative estimate of drug-likeness (QED) is 0.867. The summed E-state index contributed by atoms with van der Waals surface area (Å²) in [6.45, 7) is 0.229. The van der Waals surface area contributed by atoms with Gasteiger partial charge >= 0.3 is 5.97 Å². The van der Waals surface area contributed by atoms with Gasteiger partial charge in [-0.1, -0.05) is 11.6 Å². The Labute approximate surface area is 125 Å². The molecule has 2 aromatic rings. The smallest absolute Gasteiger partial charge is 0.340 e. The zero-order valence-electron chi connectivity index (χ0n) is 11.1. The number of hydrogen-bond donors (Lipinski definition) is 1. The minimum atomic E-state index is -0.658. The molecule has 0 aliphatic heterocycles. The average Bonchev–Trinajstić information content (AvgIpc) is 2.44. The van der Waals surface area contributed by atoms with Crippen LogP contribution < -0.4 is 5.32 Å². The van der Waals surface area contributed by atoms with Crippen LogP contribution >= 0.6 is 11.6 Å². The molecule has 0 atom stereocenters. The van der Waals surface area contributed by atoms with Crippen LogP contribution in [0, 0.1) is 11.6 Å². The SMILES string of the molecule is COC(=O)c1cc(F)ccc1NCc1cc(F)cc(Cl)c1. The van der Waals surface area contributed by atoms with Gasteiger partial charge in [0.25, 0.3) is 0 Å². The van der Waals surface area contributed by atoms with Gasteiger partial charge in [-0.2, -0.15) is 0 Å². The minimum absolute atomic E-state index is 0.0694. The van der Waals surface area contributed by atoms with E-state index < -0.39 is 17.6 Å². The Hall–Kier alpha value is -2.14. The van der Waals surface area contributed by atoms with E-state index in [2.05, 4.69) is 10.1 Å². The van der Waals surface area contributed by atoms with Gasteiger partial charge in [0.2, 0.25) is 0 Å². The van der Waals surface area contributed by atoms with E-state index in [1.165, 1.54) is 31.4 Å². The second-order valence-corrected chi connectivity index (χ2v) is 4.75. The van der Waals surface area contributed by atoms with E-state index in [1.54, 1.807) is 6.07 Å². The highest BCUT2D eigenvalue weighted by atomic mass is 35.5. The highest BCUT2D eigenvalue weighted by Crippen LogP contribution is 2.20. The predicted molar refractivity (Wildman–Crippen MR) is 76.5 cm³/mol. The molecular formula is C15H12ClF2NO2. The number of methoxy groups -OCH3 is 1. The molecule has 2 aromatic carbocycles. The lowest BCUT2D eigenvalue weighted by Gasteiger charge is -2.11. The molecule has 0 heterocycles. The maximum absolute atomic E-state index is 13.2. The van der Waals surface area contributed by atoms with Crippen molar-refractivity contribution in [1.29, 1.82) is 0 Å². The van der Waals surface area contributed by atoms with Crippen LogP contribution in [0.1, 0.15) is 15.9 Å².